The van der Waals surface area contributed by atoms with Crippen LogP contribution in [0.2, 0.25) is 0 Å². The Labute approximate surface area is 106 Å². The van der Waals surface area contributed by atoms with Crippen molar-refractivity contribution in [2.24, 2.45) is 0 Å². The molecule has 18 heavy (non-hydrogen) atoms. The van der Waals surface area contributed by atoms with Gasteiger partial charge in [-0.1, -0.05) is 30.3 Å². The molecule has 0 saturated carbocycles. The zero-order chi connectivity index (χ0) is 13.0. The number of carbonyl (C=O) groups excluding carboxylic acids is 1. The van der Waals surface area contributed by atoms with Gasteiger partial charge in [-0.2, -0.15) is 0 Å². The van der Waals surface area contributed by atoms with Crippen molar-refractivity contribution in [1.82, 2.24) is 9.55 Å². The molecule has 0 bridgehead atoms. The van der Waals surface area contributed by atoms with Gasteiger partial charge < -0.3 is 9.30 Å². The average molecular weight is 244 g/mol. The molecule has 0 radical (unpaired) electrons. The molecule has 0 spiro atoms. The minimum absolute atomic E-state index is 0.227. The third-order valence-electron chi connectivity index (χ3n) is 2.99. The fraction of sp³-hybridized carbons (Fsp3) is 0.286. The summed E-state index contributed by atoms with van der Waals surface area (Å²) in [6.07, 6.45) is 3.60. The van der Waals surface area contributed by atoms with Crippen LogP contribution in [0.15, 0.2) is 42.7 Å². The second-order valence-electron chi connectivity index (χ2n) is 4.11. The Morgan fingerprint density at radius 2 is 2.11 bits per heavy atom. The normalized spacial score (nSPS) is 12.1. The van der Waals surface area contributed by atoms with Gasteiger partial charge >= 0.3 is 5.97 Å². The third kappa shape index (κ3) is 2.59. The minimum atomic E-state index is -0.302. The summed E-state index contributed by atoms with van der Waals surface area (Å²) in [6.45, 7) is 2.46. The lowest BCUT2D eigenvalue weighted by Crippen LogP contribution is -2.20. The summed E-state index contributed by atoms with van der Waals surface area (Å²) in [4.78, 5) is 16.1. The first kappa shape index (κ1) is 12.4. The third-order valence-corrected chi connectivity index (χ3v) is 2.99. The van der Waals surface area contributed by atoms with Crippen LogP contribution < -0.4 is 0 Å². The van der Waals surface area contributed by atoms with Crippen LogP contribution >= 0.6 is 0 Å². The molecular formula is C14H16N2O2. The van der Waals surface area contributed by atoms with Gasteiger partial charge in [0.15, 0.2) is 0 Å². The highest BCUT2D eigenvalue weighted by molar-refractivity contribution is 5.77. The number of benzene rings is 1. The zero-order valence-electron chi connectivity index (χ0n) is 10.5. The number of ether oxygens (including phenoxy) is 1. The number of esters is 1. The first-order valence-corrected chi connectivity index (χ1v) is 5.83. The maximum atomic E-state index is 11.9. The minimum Gasteiger partial charge on any atom is -0.468 e. The van der Waals surface area contributed by atoms with Crippen molar-refractivity contribution >= 4 is 5.97 Å². The lowest BCUT2D eigenvalue weighted by Gasteiger charge is -2.16. The fourth-order valence-electron chi connectivity index (χ4n) is 1.94. The van der Waals surface area contributed by atoms with Crippen LogP contribution in [0.4, 0.5) is 0 Å². The molecule has 0 amide bonds. The average Bonchev–Trinajstić information content (AvgIpc) is 2.81. The monoisotopic (exact) mass is 244 g/mol. The molecule has 4 heteroatoms. The SMILES string of the molecule is COC(=O)C(Cn1ccnc1C)c1ccccc1. The second kappa shape index (κ2) is 5.49. The molecule has 4 nitrogen and oxygen atoms in total. The molecular weight excluding hydrogens is 228 g/mol. The van der Waals surface area contributed by atoms with Crippen molar-refractivity contribution in [2.75, 3.05) is 7.11 Å². The molecule has 1 unspecified atom stereocenters. The van der Waals surface area contributed by atoms with E-state index in [9.17, 15) is 4.79 Å². The van der Waals surface area contributed by atoms with Gasteiger partial charge in [0, 0.05) is 18.9 Å². The van der Waals surface area contributed by atoms with Gasteiger partial charge in [0.2, 0.25) is 0 Å². The molecule has 0 aliphatic carbocycles. The van der Waals surface area contributed by atoms with Gasteiger partial charge in [-0.15, -0.1) is 0 Å². The van der Waals surface area contributed by atoms with Crippen molar-refractivity contribution in [1.29, 1.82) is 0 Å². The number of rotatable bonds is 4. The van der Waals surface area contributed by atoms with Crippen LogP contribution in [0.1, 0.15) is 17.3 Å². The summed E-state index contributed by atoms with van der Waals surface area (Å²) in [5, 5.41) is 0. The van der Waals surface area contributed by atoms with Crippen molar-refractivity contribution in [3.63, 3.8) is 0 Å². The van der Waals surface area contributed by atoms with Crippen LogP contribution in [-0.2, 0) is 16.1 Å². The smallest absolute Gasteiger partial charge is 0.314 e. The van der Waals surface area contributed by atoms with E-state index in [1.807, 2.05) is 48.0 Å². The van der Waals surface area contributed by atoms with E-state index in [1.165, 1.54) is 7.11 Å². The summed E-state index contributed by atoms with van der Waals surface area (Å²) in [5.74, 6) is 0.359. The summed E-state index contributed by atoms with van der Waals surface area (Å²) >= 11 is 0. The van der Waals surface area contributed by atoms with Gasteiger partial charge in [-0.25, -0.2) is 4.98 Å². The molecule has 2 aromatic rings. The molecule has 1 aromatic heterocycles. The second-order valence-corrected chi connectivity index (χ2v) is 4.11. The molecule has 2 rings (SSSR count). The molecule has 1 atom stereocenters. The molecule has 0 N–H and O–H groups in total. The number of hydrogen-bond acceptors (Lipinski definition) is 3. The highest BCUT2D eigenvalue weighted by Gasteiger charge is 2.22. The van der Waals surface area contributed by atoms with Crippen LogP contribution in [0, 0.1) is 6.92 Å². The number of nitrogens with zero attached hydrogens (tertiary/aromatic N) is 2. The van der Waals surface area contributed by atoms with E-state index >= 15 is 0 Å². The summed E-state index contributed by atoms with van der Waals surface area (Å²) < 4.78 is 6.84. The molecule has 0 saturated heterocycles. The fourth-order valence-corrected chi connectivity index (χ4v) is 1.94. The quantitative estimate of drug-likeness (QED) is 0.774. The number of aryl methyl sites for hydroxylation is 1. The van der Waals surface area contributed by atoms with Crippen molar-refractivity contribution in [3.05, 3.63) is 54.1 Å². The number of carbonyl (C=O) groups is 1. The Bertz CT molecular complexity index is 520. The van der Waals surface area contributed by atoms with Crippen LogP contribution in [0.5, 0.6) is 0 Å². The predicted molar refractivity (Wildman–Crippen MR) is 68.2 cm³/mol. The van der Waals surface area contributed by atoms with Crippen LogP contribution in [-0.4, -0.2) is 22.6 Å². The van der Waals surface area contributed by atoms with E-state index in [0.29, 0.717) is 6.54 Å². The molecule has 1 aromatic carbocycles. The van der Waals surface area contributed by atoms with Crippen LogP contribution in [0.3, 0.4) is 0 Å². The Balaban J connectivity index is 2.27. The van der Waals surface area contributed by atoms with E-state index in [2.05, 4.69) is 4.98 Å². The predicted octanol–water partition coefficient (Wildman–Crippen LogP) is 2.15. The van der Waals surface area contributed by atoms with Gasteiger partial charge in [-0.05, 0) is 12.5 Å². The largest absolute Gasteiger partial charge is 0.468 e. The van der Waals surface area contributed by atoms with E-state index < -0.39 is 0 Å². The first-order valence-electron chi connectivity index (χ1n) is 5.83. The molecule has 0 fully saturated rings. The summed E-state index contributed by atoms with van der Waals surface area (Å²) in [6, 6.07) is 9.65. The highest BCUT2D eigenvalue weighted by atomic mass is 16.5. The molecule has 0 aliphatic rings. The molecule has 1 heterocycles. The molecule has 94 valence electrons. The Kier molecular flexibility index (Phi) is 3.77. The summed E-state index contributed by atoms with van der Waals surface area (Å²) in [7, 11) is 1.42. The highest BCUT2D eigenvalue weighted by Crippen LogP contribution is 2.20. The number of methoxy groups -OCH3 is 1. The standard InChI is InChI=1S/C14H16N2O2/c1-11-15-8-9-16(11)10-13(14(17)18-2)12-6-4-3-5-7-12/h3-9,13H,10H2,1-2H3. The van der Waals surface area contributed by atoms with Crippen molar-refractivity contribution in [3.8, 4) is 0 Å². The van der Waals surface area contributed by atoms with E-state index in [1.54, 1.807) is 6.20 Å². The maximum absolute atomic E-state index is 11.9. The van der Waals surface area contributed by atoms with Crippen molar-refractivity contribution < 1.29 is 9.53 Å². The van der Waals surface area contributed by atoms with E-state index in [4.69, 9.17) is 4.74 Å². The number of imidazole rings is 1. The van der Waals surface area contributed by atoms with Gasteiger partial charge in [0.1, 0.15) is 5.82 Å². The number of aromatic nitrogens is 2. The van der Waals surface area contributed by atoms with Gasteiger partial charge in [0.05, 0.1) is 13.0 Å². The van der Waals surface area contributed by atoms with Crippen LogP contribution in [0.25, 0.3) is 0 Å². The zero-order valence-corrected chi connectivity index (χ0v) is 10.5. The van der Waals surface area contributed by atoms with E-state index in [0.717, 1.165) is 11.4 Å². The first-order chi connectivity index (χ1) is 8.72. The molecule has 0 aliphatic heterocycles. The topological polar surface area (TPSA) is 44.1 Å². The Morgan fingerprint density at radius 3 is 2.67 bits per heavy atom. The maximum Gasteiger partial charge on any atom is 0.314 e. The van der Waals surface area contributed by atoms with Gasteiger partial charge in [-0.3, -0.25) is 4.79 Å². The lowest BCUT2D eigenvalue weighted by atomic mass is 9.99. The Hall–Kier alpha value is -2.10. The van der Waals surface area contributed by atoms with E-state index in [-0.39, 0.29) is 11.9 Å². The lowest BCUT2D eigenvalue weighted by molar-refractivity contribution is -0.142. The number of hydrogen-bond donors (Lipinski definition) is 0. The van der Waals surface area contributed by atoms with Gasteiger partial charge in [0.25, 0.3) is 0 Å². The summed E-state index contributed by atoms with van der Waals surface area (Å²) in [5.41, 5.74) is 0.956. The Morgan fingerprint density at radius 1 is 1.39 bits per heavy atom. The van der Waals surface area contributed by atoms with Crippen molar-refractivity contribution in [2.45, 2.75) is 19.4 Å².